The van der Waals surface area contributed by atoms with Gasteiger partial charge in [-0.2, -0.15) is 0 Å². The van der Waals surface area contributed by atoms with Crippen LogP contribution in [0.15, 0.2) is 24.3 Å². The third-order valence-corrected chi connectivity index (χ3v) is 4.13. The molecule has 1 aromatic heterocycles. The van der Waals surface area contributed by atoms with Gasteiger partial charge in [0.05, 0.1) is 4.92 Å². The summed E-state index contributed by atoms with van der Waals surface area (Å²) in [5, 5.41) is 24.5. The lowest BCUT2D eigenvalue weighted by molar-refractivity contribution is -0.384. The van der Waals surface area contributed by atoms with Gasteiger partial charge in [-0.15, -0.1) is 10.2 Å². The van der Waals surface area contributed by atoms with Crippen molar-refractivity contribution < 1.29 is 9.72 Å². The van der Waals surface area contributed by atoms with Gasteiger partial charge in [-0.25, -0.2) is 4.79 Å². The molecule has 1 aromatic carbocycles. The highest BCUT2D eigenvalue weighted by atomic mass is 16.6. The Hall–Kier alpha value is -2.97. The third-order valence-electron chi connectivity index (χ3n) is 4.13. The van der Waals surface area contributed by atoms with Gasteiger partial charge in [0.1, 0.15) is 11.6 Å². The maximum Gasteiger partial charge on any atom is 0.319 e. The number of rotatable bonds is 6. The van der Waals surface area contributed by atoms with E-state index in [9.17, 15) is 14.9 Å². The number of anilines is 1. The fourth-order valence-corrected chi connectivity index (χ4v) is 2.84. The Morgan fingerprint density at radius 3 is 2.80 bits per heavy atom. The molecule has 3 rings (SSSR count). The molecule has 0 spiro atoms. The zero-order chi connectivity index (χ0) is 17.6. The highest BCUT2D eigenvalue weighted by Crippen LogP contribution is 2.16. The predicted molar refractivity (Wildman–Crippen MR) is 91.4 cm³/mol. The summed E-state index contributed by atoms with van der Waals surface area (Å²) in [5.74, 6) is 2.04. The van der Waals surface area contributed by atoms with E-state index in [1.54, 1.807) is 0 Å². The minimum absolute atomic E-state index is 0.0115. The molecule has 2 amide bonds. The predicted octanol–water partition coefficient (Wildman–Crippen LogP) is 2.28. The molecule has 0 radical (unpaired) electrons. The molecule has 0 atom stereocenters. The van der Waals surface area contributed by atoms with Crippen molar-refractivity contribution in [2.75, 3.05) is 11.9 Å². The maximum atomic E-state index is 11.8. The second-order valence-corrected chi connectivity index (χ2v) is 5.93. The standard InChI is InChI=1S/C16H20N6O3/c23-16(18-12-6-8-13(9-7-12)22(24)25)17-10-3-5-15-20-19-14-4-1-2-11-21(14)15/h6-9H,1-5,10-11H2,(H2,17,18,23). The first-order valence-corrected chi connectivity index (χ1v) is 8.34. The number of aromatic nitrogens is 3. The average Bonchev–Trinajstić information content (AvgIpc) is 3.02. The first-order chi connectivity index (χ1) is 12.1. The molecule has 0 aliphatic carbocycles. The number of hydrogen-bond donors (Lipinski definition) is 2. The lowest BCUT2D eigenvalue weighted by atomic mass is 10.1. The van der Waals surface area contributed by atoms with Crippen LogP contribution in [-0.2, 0) is 19.4 Å². The highest BCUT2D eigenvalue weighted by molar-refractivity contribution is 5.89. The Kier molecular flexibility index (Phi) is 5.22. The smallest absolute Gasteiger partial charge is 0.319 e. The van der Waals surface area contributed by atoms with Crippen LogP contribution in [0.4, 0.5) is 16.2 Å². The molecule has 2 aromatic rings. The van der Waals surface area contributed by atoms with E-state index in [1.165, 1.54) is 30.7 Å². The van der Waals surface area contributed by atoms with E-state index in [1.807, 2.05) is 0 Å². The van der Waals surface area contributed by atoms with E-state index in [4.69, 9.17) is 0 Å². The molecule has 1 aliphatic rings. The average molecular weight is 344 g/mol. The Bertz CT molecular complexity index is 756. The number of nitrogens with zero attached hydrogens (tertiary/aromatic N) is 4. The summed E-state index contributed by atoms with van der Waals surface area (Å²) in [6.45, 7) is 1.49. The number of amides is 2. The molecule has 9 nitrogen and oxygen atoms in total. The van der Waals surface area contributed by atoms with Gasteiger partial charge in [0.15, 0.2) is 0 Å². The van der Waals surface area contributed by atoms with E-state index in [0.29, 0.717) is 12.2 Å². The van der Waals surface area contributed by atoms with Crippen molar-refractivity contribution in [2.45, 2.75) is 38.6 Å². The van der Waals surface area contributed by atoms with Crippen molar-refractivity contribution in [3.05, 3.63) is 46.0 Å². The van der Waals surface area contributed by atoms with Gasteiger partial charge in [0.2, 0.25) is 0 Å². The van der Waals surface area contributed by atoms with E-state index in [2.05, 4.69) is 25.4 Å². The van der Waals surface area contributed by atoms with Gasteiger partial charge >= 0.3 is 6.03 Å². The third kappa shape index (κ3) is 4.31. The van der Waals surface area contributed by atoms with Gasteiger partial charge in [-0.3, -0.25) is 10.1 Å². The number of nitro benzene ring substituents is 1. The number of hydrogen-bond acceptors (Lipinski definition) is 5. The van der Waals surface area contributed by atoms with Crippen LogP contribution in [-0.4, -0.2) is 32.3 Å². The fourth-order valence-electron chi connectivity index (χ4n) is 2.84. The molecule has 2 N–H and O–H groups in total. The number of carbonyl (C=O) groups excluding carboxylic acids is 1. The Labute approximate surface area is 144 Å². The molecule has 9 heteroatoms. The molecule has 2 heterocycles. The number of benzene rings is 1. The monoisotopic (exact) mass is 344 g/mol. The number of fused-ring (bicyclic) bond motifs is 1. The van der Waals surface area contributed by atoms with Crippen molar-refractivity contribution in [1.29, 1.82) is 0 Å². The van der Waals surface area contributed by atoms with Crippen LogP contribution in [0.25, 0.3) is 0 Å². The fraction of sp³-hybridized carbons (Fsp3) is 0.438. The lowest BCUT2D eigenvalue weighted by Gasteiger charge is -2.14. The van der Waals surface area contributed by atoms with Gasteiger partial charge in [0.25, 0.3) is 5.69 Å². The van der Waals surface area contributed by atoms with Gasteiger partial charge in [0, 0.05) is 43.8 Å². The van der Waals surface area contributed by atoms with Crippen LogP contribution < -0.4 is 10.6 Å². The van der Waals surface area contributed by atoms with Crippen molar-refractivity contribution in [2.24, 2.45) is 0 Å². The number of carbonyl (C=O) groups is 1. The van der Waals surface area contributed by atoms with Crippen molar-refractivity contribution in [1.82, 2.24) is 20.1 Å². The minimum atomic E-state index is -0.479. The maximum absolute atomic E-state index is 11.8. The van der Waals surface area contributed by atoms with E-state index >= 15 is 0 Å². The first-order valence-electron chi connectivity index (χ1n) is 8.34. The van der Waals surface area contributed by atoms with Gasteiger partial charge in [-0.1, -0.05) is 0 Å². The second-order valence-electron chi connectivity index (χ2n) is 5.93. The van der Waals surface area contributed by atoms with Crippen molar-refractivity contribution in [3.63, 3.8) is 0 Å². The van der Waals surface area contributed by atoms with Crippen LogP contribution in [0.2, 0.25) is 0 Å². The highest BCUT2D eigenvalue weighted by Gasteiger charge is 2.15. The zero-order valence-electron chi connectivity index (χ0n) is 13.8. The van der Waals surface area contributed by atoms with Gasteiger partial charge < -0.3 is 15.2 Å². The van der Waals surface area contributed by atoms with Crippen LogP contribution in [0.1, 0.15) is 30.9 Å². The molecule has 0 saturated heterocycles. The molecular weight excluding hydrogens is 324 g/mol. The molecule has 0 fully saturated rings. The summed E-state index contributed by atoms with van der Waals surface area (Å²) < 4.78 is 2.18. The number of non-ortho nitro benzene ring substituents is 1. The number of nitro groups is 1. The van der Waals surface area contributed by atoms with E-state index in [-0.39, 0.29) is 11.7 Å². The summed E-state index contributed by atoms with van der Waals surface area (Å²) in [5.41, 5.74) is 0.497. The number of aryl methyl sites for hydroxylation is 2. The lowest BCUT2D eigenvalue weighted by Crippen LogP contribution is -2.29. The largest absolute Gasteiger partial charge is 0.338 e. The normalized spacial score (nSPS) is 13.1. The zero-order valence-corrected chi connectivity index (χ0v) is 13.8. The van der Waals surface area contributed by atoms with E-state index in [0.717, 1.165) is 43.9 Å². The van der Waals surface area contributed by atoms with Crippen LogP contribution >= 0.6 is 0 Å². The summed E-state index contributed by atoms with van der Waals surface area (Å²) in [7, 11) is 0. The van der Waals surface area contributed by atoms with Crippen LogP contribution in [0, 0.1) is 10.1 Å². The summed E-state index contributed by atoms with van der Waals surface area (Å²) >= 11 is 0. The summed E-state index contributed by atoms with van der Waals surface area (Å²) in [6, 6.07) is 5.37. The van der Waals surface area contributed by atoms with Gasteiger partial charge in [-0.05, 0) is 31.4 Å². The Morgan fingerprint density at radius 2 is 2.04 bits per heavy atom. The minimum Gasteiger partial charge on any atom is -0.338 e. The quantitative estimate of drug-likeness (QED) is 0.474. The summed E-state index contributed by atoms with van der Waals surface area (Å²) in [4.78, 5) is 21.9. The molecule has 0 unspecified atom stereocenters. The van der Waals surface area contributed by atoms with Crippen molar-refractivity contribution >= 4 is 17.4 Å². The first kappa shape index (κ1) is 16.9. The van der Waals surface area contributed by atoms with Crippen LogP contribution in [0.5, 0.6) is 0 Å². The molecule has 1 aliphatic heterocycles. The number of urea groups is 1. The van der Waals surface area contributed by atoms with Crippen molar-refractivity contribution in [3.8, 4) is 0 Å². The molecule has 25 heavy (non-hydrogen) atoms. The van der Waals surface area contributed by atoms with Crippen LogP contribution in [0.3, 0.4) is 0 Å². The molecule has 0 bridgehead atoms. The number of nitrogens with one attached hydrogen (secondary N) is 2. The molecule has 0 saturated carbocycles. The Balaban J connectivity index is 1.41. The molecular formula is C16H20N6O3. The Morgan fingerprint density at radius 1 is 1.24 bits per heavy atom. The topological polar surface area (TPSA) is 115 Å². The SMILES string of the molecule is O=C(NCCCc1nnc2n1CCCC2)Nc1ccc([N+](=O)[O-])cc1. The summed E-state index contributed by atoms with van der Waals surface area (Å²) in [6.07, 6.45) is 4.86. The molecule has 132 valence electrons. The second kappa shape index (κ2) is 7.73. The van der Waals surface area contributed by atoms with E-state index < -0.39 is 4.92 Å².